The lowest BCUT2D eigenvalue weighted by atomic mass is 10.1. The van der Waals surface area contributed by atoms with Gasteiger partial charge in [-0.25, -0.2) is 0 Å². The van der Waals surface area contributed by atoms with Gasteiger partial charge in [-0.05, 0) is 74.0 Å². The monoisotopic (exact) mass is 374 g/mol. The Kier molecular flexibility index (Phi) is 5.75. The molecule has 0 atom stereocenters. The fraction of sp³-hybridized carbons (Fsp3) is 0.130. The zero-order chi connectivity index (χ0) is 20.1. The van der Waals surface area contributed by atoms with Gasteiger partial charge in [-0.1, -0.05) is 17.7 Å². The van der Waals surface area contributed by atoms with Gasteiger partial charge in [0.2, 0.25) is 0 Å². The summed E-state index contributed by atoms with van der Waals surface area (Å²) in [7, 11) is 1.59. The summed E-state index contributed by atoms with van der Waals surface area (Å²) in [4.78, 5) is 24.8. The van der Waals surface area contributed by atoms with E-state index in [1.165, 1.54) is 0 Å². The molecule has 0 aliphatic heterocycles. The Morgan fingerprint density at radius 1 is 0.750 bits per heavy atom. The lowest BCUT2D eigenvalue weighted by Gasteiger charge is -2.10. The SMILES string of the molecule is COc1ccc(NC(=O)c2ccc(NC(=O)c3ccc(C)cc3C)cc2)cc1. The molecule has 5 nitrogen and oxygen atoms in total. The van der Waals surface area contributed by atoms with Crippen LogP contribution in [-0.2, 0) is 0 Å². The molecule has 0 heterocycles. The molecule has 2 N–H and O–H groups in total. The molecule has 5 heteroatoms. The van der Waals surface area contributed by atoms with Crippen molar-refractivity contribution in [3.8, 4) is 5.75 Å². The van der Waals surface area contributed by atoms with Crippen LogP contribution in [0.2, 0.25) is 0 Å². The minimum atomic E-state index is -0.225. The van der Waals surface area contributed by atoms with Gasteiger partial charge in [0.05, 0.1) is 7.11 Å². The highest BCUT2D eigenvalue weighted by molar-refractivity contribution is 6.06. The van der Waals surface area contributed by atoms with Crippen molar-refractivity contribution < 1.29 is 14.3 Å². The summed E-state index contributed by atoms with van der Waals surface area (Å²) in [5, 5.41) is 5.69. The number of aryl methyl sites for hydroxylation is 2. The minimum absolute atomic E-state index is 0.173. The molecule has 142 valence electrons. The number of carbonyl (C=O) groups excluding carboxylic acids is 2. The predicted molar refractivity (Wildman–Crippen MR) is 111 cm³/mol. The Labute approximate surface area is 164 Å². The second kappa shape index (κ2) is 8.39. The van der Waals surface area contributed by atoms with Crippen LogP contribution in [0.15, 0.2) is 66.7 Å². The molecule has 0 saturated carbocycles. The Morgan fingerprint density at radius 3 is 1.89 bits per heavy atom. The van der Waals surface area contributed by atoms with Crippen LogP contribution in [0.3, 0.4) is 0 Å². The van der Waals surface area contributed by atoms with Crippen LogP contribution < -0.4 is 15.4 Å². The summed E-state index contributed by atoms with van der Waals surface area (Å²) in [6, 6.07) is 19.6. The lowest BCUT2D eigenvalue weighted by Crippen LogP contribution is -2.14. The fourth-order valence-electron chi connectivity index (χ4n) is 2.85. The molecule has 3 aromatic carbocycles. The third-order valence-electron chi connectivity index (χ3n) is 4.38. The van der Waals surface area contributed by atoms with E-state index in [9.17, 15) is 9.59 Å². The van der Waals surface area contributed by atoms with E-state index < -0.39 is 0 Å². The summed E-state index contributed by atoms with van der Waals surface area (Å²) in [6.07, 6.45) is 0. The summed E-state index contributed by atoms with van der Waals surface area (Å²) < 4.78 is 5.10. The summed E-state index contributed by atoms with van der Waals surface area (Å²) >= 11 is 0. The largest absolute Gasteiger partial charge is 0.497 e. The highest BCUT2D eigenvalue weighted by atomic mass is 16.5. The number of rotatable bonds is 5. The number of hydrogen-bond donors (Lipinski definition) is 2. The molecule has 0 aromatic heterocycles. The average molecular weight is 374 g/mol. The number of ether oxygens (including phenoxy) is 1. The van der Waals surface area contributed by atoms with Crippen LogP contribution in [0.1, 0.15) is 31.8 Å². The third kappa shape index (κ3) is 4.57. The van der Waals surface area contributed by atoms with E-state index in [0.717, 1.165) is 16.9 Å². The van der Waals surface area contributed by atoms with E-state index in [4.69, 9.17) is 4.74 Å². The zero-order valence-corrected chi connectivity index (χ0v) is 16.1. The van der Waals surface area contributed by atoms with Crippen LogP contribution >= 0.6 is 0 Å². The van der Waals surface area contributed by atoms with Gasteiger partial charge in [-0.2, -0.15) is 0 Å². The van der Waals surface area contributed by atoms with Crippen LogP contribution in [0.5, 0.6) is 5.75 Å². The van der Waals surface area contributed by atoms with Crippen molar-refractivity contribution in [3.05, 3.63) is 89.0 Å². The normalized spacial score (nSPS) is 10.2. The first-order valence-corrected chi connectivity index (χ1v) is 8.90. The average Bonchev–Trinajstić information content (AvgIpc) is 2.69. The summed E-state index contributed by atoms with van der Waals surface area (Å²) in [5.74, 6) is 0.326. The molecule has 2 amide bonds. The van der Waals surface area contributed by atoms with Gasteiger partial charge in [0.15, 0.2) is 0 Å². The molecule has 0 spiro atoms. The molecule has 0 bridgehead atoms. The fourth-order valence-corrected chi connectivity index (χ4v) is 2.85. The predicted octanol–water partition coefficient (Wildman–Crippen LogP) is 4.82. The van der Waals surface area contributed by atoms with Gasteiger partial charge in [0.25, 0.3) is 11.8 Å². The van der Waals surface area contributed by atoms with Gasteiger partial charge >= 0.3 is 0 Å². The standard InChI is InChI=1S/C23H22N2O3/c1-15-4-13-21(16(2)14-15)23(27)25-18-7-5-17(6-8-18)22(26)24-19-9-11-20(28-3)12-10-19/h4-14H,1-3H3,(H,24,26)(H,25,27). The molecule has 3 aromatic rings. The van der Waals surface area contributed by atoms with Gasteiger partial charge in [-0.15, -0.1) is 0 Å². The maximum atomic E-state index is 12.5. The van der Waals surface area contributed by atoms with Crippen molar-refractivity contribution in [2.24, 2.45) is 0 Å². The smallest absolute Gasteiger partial charge is 0.255 e. The van der Waals surface area contributed by atoms with Crippen molar-refractivity contribution in [1.29, 1.82) is 0 Å². The molecule has 0 radical (unpaired) electrons. The first kappa shape index (κ1) is 19.2. The topological polar surface area (TPSA) is 67.4 Å². The van der Waals surface area contributed by atoms with Gasteiger partial charge in [-0.3, -0.25) is 9.59 Å². The van der Waals surface area contributed by atoms with E-state index >= 15 is 0 Å². The van der Waals surface area contributed by atoms with Crippen molar-refractivity contribution in [3.63, 3.8) is 0 Å². The highest BCUT2D eigenvalue weighted by Gasteiger charge is 2.11. The molecule has 0 aliphatic rings. The highest BCUT2D eigenvalue weighted by Crippen LogP contribution is 2.18. The second-order valence-corrected chi connectivity index (χ2v) is 6.53. The van der Waals surface area contributed by atoms with Gasteiger partial charge < -0.3 is 15.4 Å². The molecular formula is C23H22N2O3. The lowest BCUT2D eigenvalue weighted by molar-refractivity contribution is 0.101. The summed E-state index contributed by atoms with van der Waals surface area (Å²) in [6.45, 7) is 3.90. The maximum absolute atomic E-state index is 12.5. The first-order valence-electron chi connectivity index (χ1n) is 8.90. The van der Waals surface area contributed by atoms with Crippen molar-refractivity contribution in [2.75, 3.05) is 17.7 Å². The zero-order valence-electron chi connectivity index (χ0n) is 16.1. The molecule has 0 fully saturated rings. The molecule has 0 unspecified atom stereocenters. The first-order chi connectivity index (χ1) is 13.5. The number of anilines is 2. The number of benzene rings is 3. The Bertz CT molecular complexity index is 993. The van der Waals surface area contributed by atoms with Crippen LogP contribution in [-0.4, -0.2) is 18.9 Å². The number of hydrogen-bond acceptors (Lipinski definition) is 3. The van der Waals surface area contributed by atoms with Crippen molar-refractivity contribution in [2.45, 2.75) is 13.8 Å². The number of amides is 2. The van der Waals surface area contributed by atoms with Crippen LogP contribution in [0.4, 0.5) is 11.4 Å². The van der Waals surface area contributed by atoms with E-state index in [1.54, 1.807) is 55.6 Å². The third-order valence-corrected chi connectivity index (χ3v) is 4.38. The van der Waals surface area contributed by atoms with Crippen molar-refractivity contribution >= 4 is 23.2 Å². The maximum Gasteiger partial charge on any atom is 0.255 e. The van der Waals surface area contributed by atoms with Crippen LogP contribution in [0, 0.1) is 13.8 Å². The Morgan fingerprint density at radius 2 is 1.32 bits per heavy atom. The Balaban J connectivity index is 1.65. The molecular weight excluding hydrogens is 352 g/mol. The summed E-state index contributed by atoms with van der Waals surface area (Å²) in [5.41, 5.74) is 4.48. The molecule has 0 aliphatic carbocycles. The molecule has 28 heavy (non-hydrogen) atoms. The number of carbonyl (C=O) groups is 2. The van der Waals surface area contributed by atoms with Crippen LogP contribution in [0.25, 0.3) is 0 Å². The van der Waals surface area contributed by atoms with E-state index in [-0.39, 0.29) is 11.8 Å². The van der Waals surface area contributed by atoms with Gasteiger partial charge in [0, 0.05) is 22.5 Å². The van der Waals surface area contributed by atoms with E-state index in [1.807, 2.05) is 32.0 Å². The second-order valence-electron chi connectivity index (χ2n) is 6.53. The van der Waals surface area contributed by atoms with E-state index in [2.05, 4.69) is 10.6 Å². The molecule has 3 rings (SSSR count). The minimum Gasteiger partial charge on any atom is -0.497 e. The number of methoxy groups -OCH3 is 1. The van der Waals surface area contributed by atoms with Gasteiger partial charge in [0.1, 0.15) is 5.75 Å². The molecule has 0 saturated heterocycles. The number of nitrogens with one attached hydrogen (secondary N) is 2. The quantitative estimate of drug-likeness (QED) is 0.673. The van der Waals surface area contributed by atoms with E-state index in [0.29, 0.717) is 22.5 Å². The van der Waals surface area contributed by atoms with Crippen molar-refractivity contribution in [1.82, 2.24) is 0 Å². The Hall–Kier alpha value is -3.60.